The number of hydrogen-bond donors (Lipinski definition) is 2. The highest BCUT2D eigenvalue weighted by atomic mass is 19.3. The third-order valence-corrected chi connectivity index (χ3v) is 5.50. The van der Waals surface area contributed by atoms with E-state index in [0.717, 1.165) is 32.2 Å². The fourth-order valence-electron chi connectivity index (χ4n) is 4.13. The number of aliphatic hydroxyl groups is 1. The van der Waals surface area contributed by atoms with E-state index in [0.29, 0.717) is 19.8 Å². The van der Waals surface area contributed by atoms with E-state index in [-0.39, 0.29) is 31.0 Å². The highest BCUT2D eigenvalue weighted by Gasteiger charge is 2.49. The molecule has 7 heteroatoms. The van der Waals surface area contributed by atoms with Gasteiger partial charge in [-0.3, -0.25) is 9.69 Å². The molecule has 132 valence electrons. The number of ether oxygens (including phenoxy) is 1. The molecule has 23 heavy (non-hydrogen) atoms. The summed E-state index contributed by atoms with van der Waals surface area (Å²) in [5, 5.41) is 12.3. The molecule has 0 bridgehead atoms. The largest absolute Gasteiger partial charge is 0.392 e. The Morgan fingerprint density at radius 1 is 1.17 bits per heavy atom. The maximum absolute atomic E-state index is 14.4. The second kappa shape index (κ2) is 6.99. The van der Waals surface area contributed by atoms with Crippen LogP contribution >= 0.6 is 0 Å². The van der Waals surface area contributed by atoms with Crippen molar-refractivity contribution in [3.05, 3.63) is 0 Å². The SMILES string of the molecule is O=C(N[C@@H]1CCC[C@@H]1N1CCC(O)C1)C(F)(F)C1CCOCC1. The van der Waals surface area contributed by atoms with Crippen LogP contribution in [0.15, 0.2) is 0 Å². The number of nitrogens with zero attached hydrogens (tertiary/aromatic N) is 1. The molecule has 2 aliphatic heterocycles. The van der Waals surface area contributed by atoms with Gasteiger partial charge in [0.15, 0.2) is 0 Å². The Bertz CT molecular complexity index is 430. The van der Waals surface area contributed by atoms with Crippen LogP contribution in [0.3, 0.4) is 0 Å². The first kappa shape index (κ1) is 17.0. The van der Waals surface area contributed by atoms with Crippen LogP contribution in [0.1, 0.15) is 38.5 Å². The summed E-state index contributed by atoms with van der Waals surface area (Å²) in [5.74, 6) is -5.40. The molecule has 2 N–H and O–H groups in total. The second-order valence-corrected chi connectivity index (χ2v) is 7.03. The predicted octanol–water partition coefficient (Wildman–Crippen LogP) is 1.15. The molecule has 0 aromatic heterocycles. The smallest absolute Gasteiger partial charge is 0.327 e. The van der Waals surface area contributed by atoms with Crippen molar-refractivity contribution in [3.8, 4) is 0 Å². The number of amides is 1. The van der Waals surface area contributed by atoms with Gasteiger partial charge in [0.1, 0.15) is 0 Å². The molecule has 1 unspecified atom stereocenters. The lowest BCUT2D eigenvalue weighted by atomic mass is 9.92. The van der Waals surface area contributed by atoms with Crippen LogP contribution in [-0.2, 0) is 9.53 Å². The maximum Gasteiger partial charge on any atom is 0.327 e. The molecule has 1 saturated carbocycles. The third-order valence-electron chi connectivity index (χ3n) is 5.50. The Morgan fingerprint density at radius 2 is 1.91 bits per heavy atom. The number of nitrogens with one attached hydrogen (secondary N) is 1. The summed E-state index contributed by atoms with van der Waals surface area (Å²) in [6.45, 7) is 1.94. The highest BCUT2D eigenvalue weighted by molar-refractivity contribution is 5.84. The van der Waals surface area contributed by atoms with Crippen LogP contribution in [0, 0.1) is 5.92 Å². The number of halogens is 2. The van der Waals surface area contributed by atoms with Gasteiger partial charge in [-0.2, -0.15) is 8.78 Å². The van der Waals surface area contributed by atoms with Crippen LogP contribution in [0.25, 0.3) is 0 Å². The molecule has 3 aliphatic rings. The zero-order valence-electron chi connectivity index (χ0n) is 13.3. The summed E-state index contributed by atoms with van der Waals surface area (Å²) in [6.07, 6.45) is 3.38. The Labute approximate surface area is 135 Å². The van der Waals surface area contributed by atoms with Crippen molar-refractivity contribution in [2.45, 2.75) is 62.6 Å². The van der Waals surface area contributed by atoms with Gasteiger partial charge in [-0.05, 0) is 38.5 Å². The van der Waals surface area contributed by atoms with Crippen LogP contribution in [0.2, 0.25) is 0 Å². The number of carbonyl (C=O) groups is 1. The van der Waals surface area contributed by atoms with E-state index in [1.165, 1.54) is 0 Å². The van der Waals surface area contributed by atoms with Gasteiger partial charge in [0.2, 0.25) is 0 Å². The minimum atomic E-state index is -3.33. The normalized spacial score (nSPS) is 34.0. The molecular weight excluding hydrogens is 306 g/mol. The van der Waals surface area contributed by atoms with Crippen LogP contribution in [0.5, 0.6) is 0 Å². The highest BCUT2D eigenvalue weighted by Crippen LogP contribution is 2.34. The van der Waals surface area contributed by atoms with Crippen LogP contribution in [0.4, 0.5) is 8.78 Å². The Kier molecular flexibility index (Phi) is 5.18. The summed E-state index contributed by atoms with van der Waals surface area (Å²) in [4.78, 5) is 14.3. The van der Waals surface area contributed by atoms with Crippen molar-refractivity contribution >= 4 is 5.91 Å². The molecule has 3 fully saturated rings. The third kappa shape index (κ3) is 3.67. The summed E-state index contributed by atoms with van der Waals surface area (Å²) in [7, 11) is 0. The monoisotopic (exact) mass is 332 g/mol. The quantitative estimate of drug-likeness (QED) is 0.811. The first-order valence-corrected chi connectivity index (χ1v) is 8.67. The van der Waals surface area contributed by atoms with Crippen LogP contribution < -0.4 is 5.32 Å². The van der Waals surface area contributed by atoms with Gasteiger partial charge in [-0.15, -0.1) is 0 Å². The van der Waals surface area contributed by atoms with Gasteiger partial charge in [-0.25, -0.2) is 0 Å². The van der Waals surface area contributed by atoms with Gasteiger partial charge in [-0.1, -0.05) is 0 Å². The standard InChI is InChI=1S/C16H26F2N2O3/c17-16(18,11-5-8-23-9-6-11)15(22)19-13-2-1-3-14(13)20-7-4-12(21)10-20/h11-14,21H,1-10H2,(H,19,22)/t12?,13-,14+/m1/s1. The van der Waals surface area contributed by atoms with E-state index >= 15 is 0 Å². The fourth-order valence-corrected chi connectivity index (χ4v) is 4.13. The minimum absolute atomic E-state index is 0.0709. The zero-order valence-corrected chi connectivity index (χ0v) is 13.3. The molecule has 3 rings (SSSR count). The number of carbonyl (C=O) groups excluding carboxylic acids is 1. The first-order chi connectivity index (χ1) is 11.0. The predicted molar refractivity (Wildman–Crippen MR) is 80.3 cm³/mol. The van der Waals surface area contributed by atoms with Crippen molar-refractivity contribution in [2.24, 2.45) is 5.92 Å². The van der Waals surface area contributed by atoms with E-state index < -0.39 is 17.7 Å². The van der Waals surface area contributed by atoms with Crippen molar-refractivity contribution < 1.29 is 23.4 Å². The van der Waals surface area contributed by atoms with Crippen molar-refractivity contribution in [2.75, 3.05) is 26.3 Å². The number of β-amino-alcohol motifs (C(OH)–C–C–N with tert-alkyl or cyclic N) is 1. The summed E-state index contributed by atoms with van der Waals surface area (Å²) < 4.78 is 33.9. The maximum atomic E-state index is 14.4. The zero-order chi connectivity index (χ0) is 16.4. The van der Waals surface area contributed by atoms with Crippen molar-refractivity contribution in [1.82, 2.24) is 10.2 Å². The molecule has 3 atom stereocenters. The Balaban J connectivity index is 1.59. The molecule has 1 amide bonds. The van der Waals surface area contributed by atoms with Crippen LogP contribution in [-0.4, -0.2) is 66.3 Å². The fraction of sp³-hybridized carbons (Fsp3) is 0.938. The molecule has 0 aromatic carbocycles. The lowest BCUT2D eigenvalue weighted by molar-refractivity contribution is -0.160. The van der Waals surface area contributed by atoms with E-state index in [2.05, 4.69) is 10.2 Å². The van der Waals surface area contributed by atoms with Gasteiger partial charge >= 0.3 is 5.92 Å². The van der Waals surface area contributed by atoms with Crippen molar-refractivity contribution in [3.63, 3.8) is 0 Å². The molecule has 1 aliphatic carbocycles. The van der Waals surface area contributed by atoms with Gasteiger partial charge in [0.25, 0.3) is 5.91 Å². The van der Waals surface area contributed by atoms with E-state index in [4.69, 9.17) is 4.74 Å². The molecule has 5 nitrogen and oxygen atoms in total. The number of aliphatic hydroxyl groups excluding tert-OH is 1. The van der Waals surface area contributed by atoms with Gasteiger partial charge in [0, 0.05) is 44.3 Å². The minimum Gasteiger partial charge on any atom is -0.392 e. The first-order valence-electron chi connectivity index (χ1n) is 8.67. The molecule has 2 saturated heterocycles. The summed E-state index contributed by atoms with van der Waals surface area (Å²) >= 11 is 0. The van der Waals surface area contributed by atoms with Crippen molar-refractivity contribution in [1.29, 1.82) is 0 Å². The average Bonchev–Trinajstić information content (AvgIpc) is 3.16. The summed E-state index contributed by atoms with van der Waals surface area (Å²) in [5.41, 5.74) is 0. The number of likely N-dealkylation sites (tertiary alicyclic amines) is 1. The second-order valence-electron chi connectivity index (χ2n) is 7.03. The number of hydrogen-bond acceptors (Lipinski definition) is 4. The van der Waals surface area contributed by atoms with E-state index in [9.17, 15) is 18.7 Å². The Hall–Kier alpha value is -0.790. The molecule has 0 radical (unpaired) electrons. The molecule has 0 spiro atoms. The molecule has 2 heterocycles. The number of rotatable bonds is 4. The Morgan fingerprint density at radius 3 is 2.57 bits per heavy atom. The lowest BCUT2D eigenvalue weighted by Gasteiger charge is -2.33. The molecular formula is C16H26F2N2O3. The topological polar surface area (TPSA) is 61.8 Å². The molecule has 0 aromatic rings. The van der Waals surface area contributed by atoms with E-state index in [1.807, 2.05) is 0 Å². The lowest BCUT2D eigenvalue weighted by Crippen LogP contribution is -2.54. The van der Waals surface area contributed by atoms with Gasteiger partial charge in [0.05, 0.1) is 6.10 Å². The summed E-state index contributed by atoms with van der Waals surface area (Å²) in [6, 6.07) is -0.167. The average molecular weight is 332 g/mol. The van der Waals surface area contributed by atoms with Gasteiger partial charge < -0.3 is 15.2 Å². The van der Waals surface area contributed by atoms with E-state index in [1.54, 1.807) is 0 Å². The number of alkyl halides is 2.